The molecular weight excluding hydrogens is 449 g/mol. The van der Waals surface area contributed by atoms with E-state index in [4.69, 9.17) is 23.2 Å². The van der Waals surface area contributed by atoms with E-state index in [9.17, 15) is 14.9 Å². The van der Waals surface area contributed by atoms with E-state index in [1.54, 1.807) is 30.3 Å². The molecule has 1 aromatic heterocycles. The van der Waals surface area contributed by atoms with E-state index in [0.29, 0.717) is 39.0 Å². The maximum atomic E-state index is 12.4. The lowest BCUT2D eigenvalue weighted by atomic mass is 10.2. The second kappa shape index (κ2) is 9.92. The van der Waals surface area contributed by atoms with Crippen molar-refractivity contribution in [3.63, 3.8) is 0 Å². The van der Waals surface area contributed by atoms with Crippen molar-refractivity contribution in [2.45, 2.75) is 30.8 Å². The summed E-state index contributed by atoms with van der Waals surface area (Å²) in [6, 6.07) is 11.2. The van der Waals surface area contributed by atoms with Crippen molar-refractivity contribution in [2.24, 2.45) is 0 Å². The molecule has 3 aromatic rings. The van der Waals surface area contributed by atoms with Crippen LogP contribution in [0.5, 0.6) is 0 Å². The zero-order valence-electron chi connectivity index (χ0n) is 15.8. The summed E-state index contributed by atoms with van der Waals surface area (Å²) in [5.41, 5.74) is 1.52. The lowest BCUT2D eigenvalue weighted by molar-refractivity contribution is -0.384. The summed E-state index contributed by atoms with van der Waals surface area (Å²) < 4.78 is 1.87. The van der Waals surface area contributed by atoms with E-state index in [-0.39, 0.29) is 18.0 Å². The number of amides is 1. The molecule has 0 saturated heterocycles. The highest BCUT2D eigenvalue weighted by atomic mass is 35.5. The molecule has 156 valence electrons. The first kappa shape index (κ1) is 22.1. The Morgan fingerprint density at radius 1 is 1.17 bits per heavy atom. The lowest BCUT2D eigenvalue weighted by Crippen LogP contribution is -2.17. The number of hydrogen-bond acceptors (Lipinski definition) is 6. The molecule has 30 heavy (non-hydrogen) atoms. The maximum absolute atomic E-state index is 12.4. The van der Waals surface area contributed by atoms with E-state index in [1.807, 2.05) is 11.5 Å². The molecule has 1 heterocycles. The number of carbonyl (C=O) groups excluding carboxylic acids is 1. The summed E-state index contributed by atoms with van der Waals surface area (Å²) >= 11 is 13.3. The van der Waals surface area contributed by atoms with Crippen molar-refractivity contribution in [3.05, 3.63) is 74.0 Å². The Balaban J connectivity index is 1.63. The van der Waals surface area contributed by atoms with Gasteiger partial charge in [-0.2, -0.15) is 0 Å². The number of non-ortho nitro benzene ring substituents is 1. The van der Waals surface area contributed by atoms with Gasteiger partial charge in [0, 0.05) is 30.1 Å². The summed E-state index contributed by atoms with van der Waals surface area (Å²) in [6.07, 6.45) is 0.0547. The molecule has 0 radical (unpaired) electrons. The summed E-state index contributed by atoms with van der Waals surface area (Å²) in [6.45, 7) is 2.55. The number of nitro groups is 1. The molecule has 1 amide bonds. The molecule has 8 nitrogen and oxygen atoms in total. The molecule has 0 aliphatic carbocycles. The first-order valence-corrected chi connectivity index (χ1v) is 10.6. The summed E-state index contributed by atoms with van der Waals surface area (Å²) in [4.78, 5) is 22.7. The third-order valence-corrected chi connectivity index (χ3v) is 5.92. The minimum Gasteiger partial charge on any atom is -0.326 e. The zero-order valence-corrected chi connectivity index (χ0v) is 18.2. The normalized spacial score (nSPS) is 10.8. The van der Waals surface area contributed by atoms with Crippen molar-refractivity contribution < 1.29 is 9.72 Å². The Kier molecular flexibility index (Phi) is 7.30. The number of carbonyl (C=O) groups is 1. The Bertz CT molecular complexity index is 1070. The first-order chi connectivity index (χ1) is 14.4. The van der Waals surface area contributed by atoms with Gasteiger partial charge in [0.1, 0.15) is 5.82 Å². The summed E-state index contributed by atoms with van der Waals surface area (Å²) in [5.74, 6) is 0.870. The van der Waals surface area contributed by atoms with Crippen LogP contribution < -0.4 is 5.32 Å². The van der Waals surface area contributed by atoms with Gasteiger partial charge in [0.25, 0.3) is 5.69 Å². The highest BCUT2D eigenvalue weighted by Crippen LogP contribution is 2.26. The van der Waals surface area contributed by atoms with Crippen LogP contribution in [0.15, 0.2) is 47.6 Å². The van der Waals surface area contributed by atoms with Gasteiger partial charge in [-0.1, -0.05) is 47.1 Å². The number of rotatable bonds is 8. The van der Waals surface area contributed by atoms with Crippen molar-refractivity contribution >= 4 is 52.2 Å². The molecule has 1 N–H and O–H groups in total. The molecule has 0 saturated carbocycles. The van der Waals surface area contributed by atoms with Crippen LogP contribution in [-0.2, 0) is 23.5 Å². The van der Waals surface area contributed by atoms with Crippen LogP contribution in [0, 0.1) is 10.1 Å². The highest BCUT2D eigenvalue weighted by Gasteiger charge is 2.15. The van der Waals surface area contributed by atoms with Crippen molar-refractivity contribution in [1.82, 2.24) is 14.8 Å². The number of thioether (sulfide) groups is 1. The first-order valence-electron chi connectivity index (χ1n) is 8.90. The van der Waals surface area contributed by atoms with E-state index in [2.05, 4.69) is 15.5 Å². The average Bonchev–Trinajstić information content (AvgIpc) is 3.10. The largest absolute Gasteiger partial charge is 0.326 e. The fourth-order valence-corrected chi connectivity index (χ4v) is 3.93. The molecule has 3 rings (SSSR count). The van der Waals surface area contributed by atoms with Crippen LogP contribution in [-0.4, -0.2) is 25.6 Å². The summed E-state index contributed by atoms with van der Waals surface area (Å²) in [5, 5.41) is 23.3. The Hall–Kier alpha value is -2.62. The SMILES string of the molecule is CCn1c(CC(=O)Nc2ccc(Cl)c(Cl)c2)nnc1SCc1ccc([N+](=O)[O-])cc1. The van der Waals surface area contributed by atoms with Gasteiger partial charge in [0.05, 0.1) is 21.4 Å². The number of benzene rings is 2. The van der Waals surface area contributed by atoms with Gasteiger partial charge in [-0.15, -0.1) is 10.2 Å². The molecule has 0 atom stereocenters. The minimum absolute atomic E-state index is 0.0516. The predicted molar refractivity (Wildman–Crippen MR) is 117 cm³/mol. The second-order valence-corrected chi connectivity index (χ2v) is 7.97. The Morgan fingerprint density at radius 2 is 1.90 bits per heavy atom. The van der Waals surface area contributed by atoms with Gasteiger partial charge in [0.15, 0.2) is 5.16 Å². The number of nitro benzene ring substituents is 1. The summed E-state index contributed by atoms with van der Waals surface area (Å²) in [7, 11) is 0. The Morgan fingerprint density at radius 3 is 2.53 bits per heavy atom. The number of nitrogens with zero attached hydrogens (tertiary/aromatic N) is 4. The van der Waals surface area contributed by atoms with Crippen LogP contribution in [0.25, 0.3) is 0 Å². The fraction of sp³-hybridized carbons (Fsp3) is 0.211. The molecule has 0 aliphatic rings. The van der Waals surface area contributed by atoms with Gasteiger partial charge in [-0.3, -0.25) is 14.9 Å². The van der Waals surface area contributed by atoms with E-state index >= 15 is 0 Å². The van der Waals surface area contributed by atoms with Crippen molar-refractivity contribution in [1.29, 1.82) is 0 Å². The number of hydrogen-bond donors (Lipinski definition) is 1. The number of anilines is 1. The molecule has 0 unspecified atom stereocenters. The van der Waals surface area contributed by atoms with Gasteiger partial charge < -0.3 is 9.88 Å². The fourth-order valence-electron chi connectivity index (χ4n) is 2.66. The standard InChI is InChI=1S/C19H17Cl2N5O3S/c1-2-25-17(10-18(27)22-13-5-8-15(20)16(21)9-13)23-24-19(25)30-11-12-3-6-14(7-4-12)26(28)29/h3-9H,2,10-11H2,1H3,(H,22,27). The molecule has 0 bridgehead atoms. The smallest absolute Gasteiger partial charge is 0.269 e. The molecule has 0 fully saturated rings. The van der Waals surface area contributed by atoms with Gasteiger partial charge in [-0.05, 0) is 30.7 Å². The number of aromatic nitrogens is 3. The third kappa shape index (κ3) is 5.50. The van der Waals surface area contributed by atoms with Crippen LogP contribution in [0.3, 0.4) is 0 Å². The maximum Gasteiger partial charge on any atom is 0.269 e. The van der Waals surface area contributed by atoms with E-state index < -0.39 is 4.92 Å². The number of nitrogens with one attached hydrogen (secondary N) is 1. The molecule has 0 spiro atoms. The highest BCUT2D eigenvalue weighted by molar-refractivity contribution is 7.98. The molecule has 2 aromatic carbocycles. The van der Waals surface area contributed by atoms with Crippen LogP contribution in [0.2, 0.25) is 10.0 Å². The van der Waals surface area contributed by atoms with Crippen LogP contribution >= 0.6 is 35.0 Å². The monoisotopic (exact) mass is 465 g/mol. The number of halogens is 2. The van der Waals surface area contributed by atoms with Crippen molar-refractivity contribution in [3.8, 4) is 0 Å². The topological polar surface area (TPSA) is 103 Å². The lowest BCUT2D eigenvalue weighted by Gasteiger charge is -2.09. The van der Waals surface area contributed by atoms with E-state index in [1.165, 1.54) is 23.9 Å². The van der Waals surface area contributed by atoms with Gasteiger partial charge in [0.2, 0.25) is 5.91 Å². The molecular formula is C19H17Cl2N5O3S. The van der Waals surface area contributed by atoms with Crippen LogP contribution in [0.1, 0.15) is 18.3 Å². The van der Waals surface area contributed by atoms with Crippen molar-refractivity contribution in [2.75, 3.05) is 5.32 Å². The Labute approximate surface area is 186 Å². The van der Waals surface area contributed by atoms with Gasteiger partial charge in [-0.25, -0.2) is 0 Å². The quantitative estimate of drug-likeness (QED) is 0.285. The zero-order chi connectivity index (χ0) is 21.7. The average molecular weight is 466 g/mol. The van der Waals surface area contributed by atoms with E-state index in [0.717, 1.165) is 5.56 Å². The van der Waals surface area contributed by atoms with Gasteiger partial charge >= 0.3 is 0 Å². The third-order valence-electron chi connectivity index (χ3n) is 4.15. The predicted octanol–water partition coefficient (Wildman–Crippen LogP) is 4.99. The van der Waals surface area contributed by atoms with Crippen LogP contribution in [0.4, 0.5) is 11.4 Å². The minimum atomic E-state index is -0.431. The second-order valence-electron chi connectivity index (χ2n) is 6.21. The molecule has 0 aliphatic heterocycles. The molecule has 11 heteroatoms.